The number of hydrogen-bond donors (Lipinski definition) is 0. The minimum Gasteiger partial charge on any atom is -0.491 e. The summed E-state index contributed by atoms with van der Waals surface area (Å²) in [6.07, 6.45) is 5.00. The fourth-order valence-corrected chi connectivity index (χ4v) is 4.31. The van der Waals surface area contributed by atoms with Crippen LogP contribution in [0.4, 0.5) is 10.2 Å². The van der Waals surface area contributed by atoms with Gasteiger partial charge < -0.3 is 9.64 Å². The van der Waals surface area contributed by atoms with E-state index in [1.54, 1.807) is 0 Å². The second kappa shape index (κ2) is 5.93. The van der Waals surface area contributed by atoms with Gasteiger partial charge in [-0.15, -0.1) is 0 Å². The van der Waals surface area contributed by atoms with Gasteiger partial charge >= 0.3 is 0 Å². The molecule has 0 radical (unpaired) electrons. The molecular weight excluding hydrogens is 405 g/mol. The molecule has 3 heterocycles. The molecule has 1 atom stereocenters. The van der Waals surface area contributed by atoms with Gasteiger partial charge in [-0.1, -0.05) is 23.4 Å². The highest BCUT2D eigenvalue weighted by Crippen LogP contribution is 2.47. The monoisotopic (exact) mass is 417 g/mol. The molecule has 4 nitrogen and oxygen atoms in total. The fourth-order valence-electron chi connectivity index (χ4n) is 3.35. The number of fused-ring (bicyclic) bond motifs is 2. The third kappa shape index (κ3) is 2.39. The second-order valence-electron chi connectivity index (χ2n) is 5.66. The first-order valence-electron chi connectivity index (χ1n) is 7.43. The van der Waals surface area contributed by atoms with E-state index in [4.69, 9.17) is 16.3 Å². The number of anilines is 1. The Balaban J connectivity index is 2.12. The van der Waals surface area contributed by atoms with Gasteiger partial charge in [0, 0.05) is 19.0 Å². The summed E-state index contributed by atoms with van der Waals surface area (Å²) in [5, 5.41) is 1.38. The normalized spacial score (nSPS) is 20.2. The number of hydrogen-bond acceptors (Lipinski definition) is 5. The molecule has 23 heavy (non-hydrogen) atoms. The molecule has 2 aromatic rings. The molecule has 122 valence electrons. The average Bonchev–Trinajstić information content (AvgIpc) is 3.00. The van der Waals surface area contributed by atoms with Crippen LogP contribution >= 0.6 is 39.3 Å². The SMILES string of the molecule is CSc1nc2c3c(c(Cl)c(Br)c(F)c3n1)OCC[C@H]1CCCN21. The van der Waals surface area contributed by atoms with E-state index in [0.717, 1.165) is 31.6 Å². The van der Waals surface area contributed by atoms with Crippen LogP contribution in [0.5, 0.6) is 5.75 Å². The lowest BCUT2D eigenvalue weighted by molar-refractivity contribution is 0.297. The van der Waals surface area contributed by atoms with Gasteiger partial charge in [0.15, 0.2) is 16.7 Å². The topological polar surface area (TPSA) is 38.3 Å². The lowest BCUT2D eigenvalue weighted by atomic mass is 10.1. The van der Waals surface area contributed by atoms with Crippen LogP contribution in [0.25, 0.3) is 10.9 Å². The number of nitrogens with zero attached hydrogens (tertiary/aromatic N) is 3. The van der Waals surface area contributed by atoms with E-state index < -0.39 is 5.82 Å². The van der Waals surface area contributed by atoms with Gasteiger partial charge in [-0.2, -0.15) is 0 Å². The molecule has 0 amide bonds. The van der Waals surface area contributed by atoms with Crippen molar-refractivity contribution in [2.24, 2.45) is 0 Å². The number of thioether (sulfide) groups is 1. The molecule has 2 aliphatic rings. The average molecular weight is 419 g/mol. The molecule has 0 N–H and O–H groups in total. The molecule has 0 spiro atoms. The Morgan fingerprint density at radius 2 is 2.22 bits per heavy atom. The molecule has 4 rings (SSSR count). The van der Waals surface area contributed by atoms with Crippen molar-refractivity contribution in [1.29, 1.82) is 0 Å². The third-order valence-corrected chi connectivity index (χ3v) is 6.30. The van der Waals surface area contributed by atoms with Crippen molar-refractivity contribution >= 4 is 56.0 Å². The van der Waals surface area contributed by atoms with E-state index in [-0.39, 0.29) is 15.0 Å². The fraction of sp³-hybridized carbons (Fsp3) is 0.467. The summed E-state index contributed by atoms with van der Waals surface area (Å²) in [6.45, 7) is 1.47. The molecule has 1 aromatic heterocycles. The van der Waals surface area contributed by atoms with Crippen molar-refractivity contribution in [3.63, 3.8) is 0 Å². The van der Waals surface area contributed by atoms with Gasteiger partial charge in [0.25, 0.3) is 0 Å². The third-order valence-electron chi connectivity index (χ3n) is 4.42. The second-order valence-corrected chi connectivity index (χ2v) is 7.60. The first-order chi connectivity index (χ1) is 11.1. The summed E-state index contributed by atoms with van der Waals surface area (Å²) in [4.78, 5) is 11.3. The minimum absolute atomic E-state index is 0.192. The summed E-state index contributed by atoms with van der Waals surface area (Å²) in [7, 11) is 0. The minimum atomic E-state index is -0.465. The van der Waals surface area contributed by atoms with Crippen LogP contribution in [0.2, 0.25) is 5.02 Å². The standard InChI is InChI=1S/C15H14BrClFN3OS/c1-23-15-19-12-8-13(10(17)9(16)11(12)18)22-6-4-7-3-2-5-21(7)14(8)20-15/h7H,2-6H2,1H3/t7-/m1/s1. The Labute approximate surface area is 150 Å². The van der Waals surface area contributed by atoms with Crippen molar-refractivity contribution in [2.45, 2.75) is 30.5 Å². The first-order valence-corrected chi connectivity index (χ1v) is 9.83. The molecule has 2 aliphatic heterocycles. The Morgan fingerprint density at radius 1 is 1.39 bits per heavy atom. The number of halogens is 3. The zero-order chi connectivity index (χ0) is 16.1. The quantitative estimate of drug-likeness (QED) is 0.383. The molecule has 8 heteroatoms. The van der Waals surface area contributed by atoms with E-state index >= 15 is 0 Å². The van der Waals surface area contributed by atoms with Crippen molar-refractivity contribution < 1.29 is 9.13 Å². The predicted octanol–water partition coefficient (Wildman–Crippen LogP) is 4.66. The first kappa shape index (κ1) is 15.7. The molecule has 1 aromatic carbocycles. The smallest absolute Gasteiger partial charge is 0.189 e. The van der Waals surface area contributed by atoms with Crippen LogP contribution in [0.15, 0.2) is 9.63 Å². The van der Waals surface area contributed by atoms with E-state index in [1.807, 2.05) is 6.26 Å². The van der Waals surface area contributed by atoms with Crippen molar-refractivity contribution in [3.8, 4) is 5.75 Å². The molecule has 0 aliphatic carbocycles. The maximum atomic E-state index is 14.8. The zero-order valence-electron chi connectivity index (χ0n) is 12.4. The van der Waals surface area contributed by atoms with Crippen molar-refractivity contribution in [2.75, 3.05) is 24.3 Å². The van der Waals surface area contributed by atoms with Gasteiger partial charge in [-0.05, 0) is 35.0 Å². The molecule has 1 saturated heterocycles. The van der Waals surface area contributed by atoms with Crippen LogP contribution in [-0.2, 0) is 0 Å². The van der Waals surface area contributed by atoms with Gasteiger partial charge in [0.05, 0.1) is 16.5 Å². The van der Waals surface area contributed by atoms with Crippen molar-refractivity contribution in [1.82, 2.24) is 9.97 Å². The lowest BCUT2D eigenvalue weighted by Gasteiger charge is -2.30. The molecule has 0 saturated carbocycles. The largest absolute Gasteiger partial charge is 0.491 e. The molecular formula is C15H14BrClFN3OS. The predicted molar refractivity (Wildman–Crippen MR) is 94.5 cm³/mol. The van der Waals surface area contributed by atoms with Crippen LogP contribution in [0.1, 0.15) is 19.3 Å². The number of ether oxygens (including phenoxy) is 1. The maximum absolute atomic E-state index is 14.8. The summed E-state index contributed by atoms with van der Waals surface area (Å²) >= 11 is 11.0. The summed E-state index contributed by atoms with van der Waals surface area (Å²) in [6, 6.07) is 0.376. The number of aromatic nitrogens is 2. The van der Waals surface area contributed by atoms with Crippen LogP contribution in [0, 0.1) is 5.82 Å². The summed E-state index contributed by atoms with van der Waals surface area (Å²) in [5.74, 6) is 0.750. The zero-order valence-corrected chi connectivity index (χ0v) is 15.6. The van der Waals surface area contributed by atoms with Crippen molar-refractivity contribution in [3.05, 3.63) is 15.3 Å². The van der Waals surface area contributed by atoms with Crippen LogP contribution in [-0.4, -0.2) is 35.4 Å². The Hall–Kier alpha value is -0.790. The van der Waals surface area contributed by atoms with E-state index in [1.165, 1.54) is 11.8 Å². The highest BCUT2D eigenvalue weighted by molar-refractivity contribution is 9.10. The van der Waals surface area contributed by atoms with Gasteiger partial charge in [-0.3, -0.25) is 0 Å². The number of benzene rings is 1. The Bertz CT molecular complexity index is 806. The number of rotatable bonds is 1. The lowest BCUT2D eigenvalue weighted by Crippen LogP contribution is -2.33. The van der Waals surface area contributed by atoms with E-state index in [0.29, 0.717) is 28.9 Å². The van der Waals surface area contributed by atoms with E-state index in [2.05, 4.69) is 30.8 Å². The van der Waals surface area contributed by atoms with Gasteiger partial charge in [0.1, 0.15) is 16.4 Å². The van der Waals surface area contributed by atoms with Gasteiger partial charge in [-0.25, -0.2) is 14.4 Å². The van der Waals surface area contributed by atoms with E-state index in [9.17, 15) is 4.39 Å². The molecule has 0 bridgehead atoms. The van der Waals surface area contributed by atoms with Crippen LogP contribution < -0.4 is 9.64 Å². The Morgan fingerprint density at radius 3 is 3.00 bits per heavy atom. The molecule has 1 fully saturated rings. The maximum Gasteiger partial charge on any atom is 0.189 e. The molecule has 0 unspecified atom stereocenters. The Kier molecular flexibility index (Phi) is 4.06. The highest BCUT2D eigenvalue weighted by Gasteiger charge is 2.33. The van der Waals surface area contributed by atoms with Gasteiger partial charge in [0.2, 0.25) is 0 Å². The summed E-state index contributed by atoms with van der Waals surface area (Å²) in [5.41, 5.74) is 0.262. The summed E-state index contributed by atoms with van der Waals surface area (Å²) < 4.78 is 20.9. The highest BCUT2D eigenvalue weighted by atomic mass is 79.9. The van der Waals surface area contributed by atoms with Crippen LogP contribution in [0.3, 0.4) is 0 Å².